The van der Waals surface area contributed by atoms with Gasteiger partial charge >= 0.3 is 0 Å². The number of aryl methyl sites for hydroxylation is 1. The summed E-state index contributed by atoms with van der Waals surface area (Å²) in [6.45, 7) is 1.89. The van der Waals surface area contributed by atoms with Gasteiger partial charge in [-0.1, -0.05) is 6.07 Å². The first kappa shape index (κ1) is 26.0. The van der Waals surface area contributed by atoms with Gasteiger partial charge in [-0.15, -0.1) is 0 Å². The minimum Gasteiger partial charge on any atom is -0.459 e. The van der Waals surface area contributed by atoms with Crippen molar-refractivity contribution in [2.75, 3.05) is 23.9 Å². The van der Waals surface area contributed by atoms with Gasteiger partial charge in [0.2, 0.25) is 5.91 Å². The fourth-order valence-electron chi connectivity index (χ4n) is 4.52. The molecule has 2 N–H and O–H groups in total. The van der Waals surface area contributed by atoms with E-state index in [-0.39, 0.29) is 30.4 Å². The fourth-order valence-corrected chi connectivity index (χ4v) is 5.42. The van der Waals surface area contributed by atoms with Crippen LogP contribution < -0.4 is 15.5 Å². The van der Waals surface area contributed by atoms with Gasteiger partial charge in [0.15, 0.2) is 5.11 Å². The van der Waals surface area contributed by atoms with E-state index in [0.29, 0.717) is 26.8 Å². The molecule has 7 nitrogen and oxygen atoms in total. The summed E-state index contributed by atoms with van der Waals surface area (Å²) in [6.07, 6.45) is 1.74. The first-order chi connectivity index (χ1) is 18.4. The van der Waals surface area contributed by atoms with E-state index in [1.54, 1.807) is 12.3 Å². The zero-order chi connectivity index (χ0) is 26.8. The van der Waals surface area contributed by atoms with Crippen molar-refractivity contribution in [1.29, 1.82) is 0 Å². The van der Waals surface area contributed by atoms with E-state index in [4.69, 9.17) is 21.4 Å². The summed E-state index contributed by atoms with van der Waals surface area (Å²) in [4.78, 5) is 18.6. The maximum Gasteiger partial charge on any atom is 0.250 e. The number of methoxy groups -OCH3 is 1. The van der Waals surface area contributed by atoms with Crippen LogP contribution in [-0.2, 0) is 9.53 Å². The Morgan fingerprint density at radius 2 is 2.05 bits per heavy atom. The molecule has 1 aliphatic rings. The summed E-state index contributed by atoms with van der Waals surface area (Å²) in [7, 11) is 1.48. The number of nitrogens with one attached hydrogen (secondary N) is 2. The topological polar surface area (TPSA) is 79.6 Å². The van der Waals surface area contributed by atoms with Crippen LogP contribution >= 0.6 is 28.1 Å². The number of hydrogen-bond donors (Lipinski definition) is 2. The molecule has 0 saturated carbocycles. The number of furan rings is 1. The predicted molar refractivity (Wildman–Crippen MR) is 151 cm³/mol. The standard InChI is InChI=1S/C28H24BrFN4O3S/c1-16-13-18(7-9-21(16)32-25(35)15-36-2)34-27(26(33-28(34)38)22-5-3-4-12-31-22)24-11-10-23(37-24)19-8-6-17(30)14-20(19)29/h3-14,26-27H,15H2,1-2H3,(H,32,35)(H,33,38)/t26-,27-/m0/s1. The van der Waals surface area contributed by atoms with Gasteiger partial charge in [0.05, 0.1) is 11.7 Å². The summed E-state index contributed by atoms with van der Waals surface area (Å²) >= 11 is 9.24. The Kier molecular flexibility index (Phi) is 7.55. The average Bonchev–Trinajstić information content (AvgIpc) is 3.50. The van der Waals surface area contributed by atoms with Crippen molar-refractivity contribution in [3.8, 4) is 11.3 Å². The number of halogens is 2. The van der Waals surface area contributed by atoms with Crippen LogP contribution in [0.4, 0.5) is 15.8 Å². The molecule has 38 heavy (non-hydrogen) atoms. The normalized spacial score (nSPS) is 16.9. The van der Waals surface area contributed by atoms with Crippen molar-refractivity contribution in [2.45, 2.75) is 19.0 Å². The van der Waals surface area contributed by atoms with Gasteiger partial charge in [-0.2, -0.15) is 0 Å². The van der Waals surface area contributed by atoms with Gasteiger partial charge in [-0.25, -0.2) is 4.39 Å². The first-order valence-electron chi connectivity index (χ1n) is 11.8. The number of benzene rings is 2. The van der Waals surface area contributed by atoms with Crippen molar-refractivity contribution in [2.24, 2.45) is 0 Å². The number of rotatable bonds is 7. The lowest BCUT2D eigenvalue weighted by Crippen LogP contribution is -2.29. The van der Waals surface area contributed by atoms with Gasteiger partial charge in [-0.3, -0.25) is 9.78 Å². The Morgan fingerprint density at radius 3 is 2.76 bits per heavy atom. The third kappa shape index (κ3) is 5.20. The van der Waals surface area contributed by atoms with Gasteiger partial charge in [0.1, 0.15) is 30.0 Å². The molecular weight excluding hydrogens is 571 g/mol. The molecule has 2 aromatic carbocycles. The summed E-state index contributed by atoms with van der Waals surface area (Å²) in [5.41, 5.74) is 3.93. The van der Waals surface area contributed by atoms with E-state index in [0.717, 1.165) is 22.5 Å². The number of ether oxygens (including phenoxy) is 1. The summed E-state index contributed by atoms with van der Waals surface area (Å²) in [5.74, 6) is 0.687. The van der Waals surface area contributed by atoms with Gasteiger partial charge in [0, 0.05) is 34.7 Å². The van der Waals surface area contributed by atoms with Crippen LogP contribution in [0.25, 0.3) is 11.3 Å². The van der Waals surface area contributed by atoms with Crippen molar-refractivity contribution in [1.82, 2.24) is 10.3 Å². The number of amides is 1. The first-order valence-corrected chi connectivity index (χ1v) is 13.0. The Labute approximate surface area is 233 Å². The molecule has 4 aromatic rings. The summed E-state index contributed by atoms with van der Waals surface area (Å²) in [5, 5.41) is 6.78. The number of pyridine rings is 1. The molecule has 0 spiro atoms. The summed E-state index contributed by atoms with van der Waals surface area (Å²) < 4.78 is 25.6. The van der Waals surface area contributed by atoms with Crippen molar-refractivity contribution in [3.63, 3.8) is 0 Å². The molecule has 3 heterocycles. The van der Waals surface area contributed by atoms with Crippen molar-refractivity contribution < 1.29 is 18.3 Å². The highest BCUT2D eigenvalue weighted by molar-refractivity contribution is 9.10. The number of carbonyl (C=O) groups is 1. The molecule has 0 unspecified atom stereocenters. The minimum absolute atomic E-state index is 0.0276. The maximum absolute atomic E-state index is 13.7. The van der Waals surface area contributed by atoms with Crippen LogP contribution in [0.3, 0.4) is 0 Å². The fraction of sp³-hybridized carbons (Fsp3) is 0.179. The second-order valence-corrected chi connectivity index (χ2v) is 10.0. The lowest BCUT2D eigenvalue weighted by Gasteiger charge is -2.27. The predicted octanol–water partition coefficient (Wildman–Crippen LogP) is 6.31. The molecule has 0 bridgehead atoms. The largest absolute Gasteiger partial charge is 0.459 e. The molecule has 194 valence electrons. The van der Waals surface area contributed by atoms with Crippen LogP contribution in [-0.4, -0.2) is 29.7 Å². The Bertz CT molecular complexity index is 1500. The van der Waals surface area contributed by atoms with Gasteiger partial charge in [-0.05, 0) is 101 Å². The lowest BCUT2D eigenvalue weighted by atomic mass is 10.0. The van der Waals surface area contributed by atoms with Crippen LogP contribution in [0.5, 0.6) is 0 Å². The molecule has 2 atom stereocenters. The molecule has 1 aliphatic heterocycles. The zero-order valence-electron chi connectivity index (χ0n) is 20.6. The van der Waals surface area contributed by atoms with Crippen LogP contribution in [0.1, 0.15) is 29.1 Å². The zero-order valence-corrected chi connectivity index (χ0v) is 23.0. The Balaban J connectivity index is 1.55. The second kappa shape index (κ2) is 11.0. The van der Waals surface area contributed by atoms with Crippen molar-refractivity contribution in [3.05, 3.63) is 100 Å². The van der Waals surface area contributed by atoms with Gasteiger partial charge < -0.3 is 24.7 Å². The molecular formula is C28H24BrFN4O3S. The van der Waals surface area contributed by atoms with Gasteiger partial charge in [0.25, 0.3) is 0 Å². The van der Waals surface area contributed by atoms with Crippen LogP contribution in [0.15, 0.2) is 81.8 Å². The number of thiocarbonyl (C=S) groups is 1. The quantitative estimate of drug-likeness (QED) is 0.243. The van der Waals surface area contributed by atoms with E-state index in [2.05, 4.69) is 31.5 Å². The number of nitrogens with zero attached hydrogens (tertiary/aromatic N) is 2. The van der Waals surface area contributed by atoms with E-state index in [1.807, 2.05) is 60.4 Å². The molecule has 10 heteroatoms. The molecule has 1 fully saturated rings. The summed E-state index contributed by atoms with van der Waals surface area (Å²) in [6, 6.07) is 19.0. The van der Waals surface area contributed by atoms with Crippen LogP contribution in [0.2, 0.25) is 0 Å². The molecule has 1 saturated heterocycles. The molecule has 1 amide bonds. The third-order valence-corrected chi connectivity index (χ3v) is 7.22. The number of anilines is 2. The molecule has 5 rings (SSSR count). The molecule has 0 aliphatic carbocycles. The second-order valence-electron chi connectivity index (χ2n) is 8.80. The lowest BCUT2D eigenvalue weighted by molar-refractivity contribution is -0.119. The monoisotopic (exact) mass is 594 g/mol. The van der Waals surface area contributed by atoms with Crippen molar-refractivity contribution >= 4 is 50.5 Å². The third-order valence-electron chi connectivity index (χ3n) is 6.25. The highest BCUT2D eigenvalue weighted by atomic mass is 79.9. The Hall–Kier alpha value is -3.60. The minimum atomic E-state index is -0.362. The number of carbonyl (C=O) groups excluding carboxylic acids is 1. The van der Waals surface area contributed by atoms with E-state index in [9.17, 15) is 9.18 Å². The Morgan fingerprint density at radius 1 is 1.21 bits per heavy atom. The smallest absolute Gasteiger partial charge is 0.250 e. The van der Waals surface area contributed by atoms with E-state index >= 15 is 0 Å². The number of hydrogen-bond acceptors (Lipinski definition) is 5. The average molecular weight is 595 g/mol. The molecule has 2 aromatic heterocycles. The van der Waals surface area contributed by atoms with E-state index in [1.165, 1.54) is 19.2 Å². The highest BCUT2D eigenvalue weighted by Gasteiger charge is 2.42. The number of aromatic nitrogens is 1. The maximum atomic E-state index is 13.7. The van der Waals surface area contributed by atoms with E-state index < -0.39 is 0 Å². The molecule has 0 radical (unpaired) electrons. The SMILES string of the molecule is COCC(=O)Nc1ccc(N2C(=S)N[C@@H](c3ccccn3)[C@@H]2c2ccc(-c3ccc(F)cc3Br)o2)cc1C. The highest BCUT2D eigenvalue weighted by Crippen LogP contribution is 2.44. The van der Waals surface area contributed by atoms with Crippen LogP contribution in [0, 0.1) is 12.7 Å².